The van der Waals surface area contributed by atoms with Gasteiger partial charge in [-0.1, -0.05) is 72.8 Å². The SMILES string of the molecule is C1=Cc2ccccc2-c2ccccc2C=C1.NP(O)O. The largest absolute Gasteiger partial charge is 0.338 e. The predicted octanol–water partition coefficient (Wildman–Crippen LogP) is 3.55. The van der Waals surface area contributed by atoms with E-state index in [1.54, 1.807) is 0 Å². The van der Waals surface area contributed by atoms with Gasteiger partial charge in [0.1, 0.15) is 0 Å². The lowest BCUT2D eigenvalue weighted by molar-refractivity contribution is 0.485. The van der Waals surface area contributed by atoms with Gasteiger partial charge in [0.2, 0.25) is 8.53 Å². The molecule has 0 aliphatic heterocycles. The minimum atomic E-state index is -2.12. The van der Waals surface area contributed by atoms with Crippen molar-refractivity contribution < 1.29 is 9.79 Å². The second-order valence-electron chi connectivity index (χ2n) is 4.21. The van der Waals surface area contributed by atoms with Gasteiger partial charge in [0.05, 0.1) is 0 Å². The molecule has 2 aromatic carbocycles. The van der Waals surface area contributed by atoms with E-state index in [1.807, 2.05) is 0 Å². The molecular formula is C16H16NO2P. The highest BCUT2D eigenvalue weighted by atomic mass is 31.2. The molecule has 1 aliphatic rings. The number of benzene rings is 2. The van der Waals surface area contributed by atoms with Crippen molar-refractivity contribution in [3.05, 3.63) is 71.8 Å². The van der Waals surface area contributed by atoms with Gasteiger partial charge < -0.3 is 9.79 Å². The zero-order chi connectivity index (χ0) is 14.4. The van der Waals surface area contributed by atoms with Gasteiger partial charge in [-0.3, -0.25) is 5.50 Å². The van der Waals surface area contributed by atoms with Crippen LogP contribution in [-0.2, 0) is 0 Å². The molecule has 3 nitrogen and oxygen atoms in total. The Hall–Kier alpha value is -1.77. The van der Waals surface area contributed by atoms with Gasteiger partial charge >= 0.3 is 0 Å². The van der Waals surface area contributed by atoms with Gasteiger partial charge in [0, 0.05) is 0 Å². The van der Waals surface area contributed by atoms with E-state index < -0.39 is 8.53 Å². The van der Waals surface area contributed by atoms with Crippen molar-refractivity contribution in [3.63, 3.8) is 0 Å². The Morgan fingerprint density at radius 1 is 0.700 bits per heavy atom. The minimum absolute atomic E-state index is 1.28. The van der Waals surface area contributed by atoms with E-state index in [4.69, 9.17) is 9.79 Å². The summed E-state index contributed by atoms with van der Waals surface area (Å²) in [6.07, 6.45) is 8.49. The van der Waals surface area contributed by atoms with Crippen molar-refractivity contribution in [2.75, 3.05) is 0 Å². The van der Waals surface area contributed by atoms with Crippen LogP contribution >= 0.6 is 8.53 Å². The maximum atomic E-state index is 7.45. The first-order valence-electron chi connectivity index (χ1n) is 6.14. The summed E-state index contributed by atoms with van der Waals surface area (Å²) in [6.45, 7) is 0. The number of hydrogen-bond donors (Lipinski definition) is 3. The van der Waals surface area contributed by atoms with Gasteiger partial charge in [0.25, 0.3) is 0 Å². The quantitative estimate of drug-likeness (QED) is 0.648. The summed E-state index contributed by atoms with van der Waals surface area (Å²) < 4.78 is 0. The van der Waals surface area contributed by atoms with Gasteiger partial charge in [-0.15, -0.1) is 0 Å². The van der Waals surface area contributed by atoms with Gasteiger partial charge in [-0.25, -0.2) is 0 Å². The summed E-state index contributed by atoms with van der Waals surface area (Å²) in [5.41, 5.74) is 9.45. The van der Waals surface area contributed by atoms with Crippen molar-refractivity contribution in [2.45, 2.75) is 0 Å². The Balaban J connectivity index is 0.000000328. The average molecular weight is 285 g/mol. The van der Waals surface area contributed by atoms with Gasteiger partial charge in [-0.05, 0) is 22.3 Å². The molecule has 102 valence electrons. The van der Waals surface area contributed by atoms with Crippen LogP contribution in [0, 0.1) is 0 Å². The highest BCUT2D eigenvalue weighted by molar-refractivity contribution is 7.42. The average Bonchev–Trinajstić information content (AvgIpc) is 2.41. The van der Waals surface area contributed by atoms with Crippen LogP contribution in [-0.4, -0.2) is 9.79 Å². The van der Waals surface area contributed by atoms with Crippen molar-refractivity contribution in [3.8, 4) is 11.1 Å². The lowest BCUT2D eigenvalue weighted by Gasteiger charge is -2.11. The summed E-state index contributed by atoms with van der Waals surface area (Å²) in [7, 11) is -2.12. The topological polar surface area (TPSA) is 66.5 Å². The van der Waals surface area contributed by atoms with E-state index in [-0.39, 0.29) is 0 Å². The molecule has 3 rings (SSSR count). The van der Waals surface area contributed by atoms with Crippen LogP contribution in [0.2, 0.25) is 0 Å². The van der Waals surface area contributed by atoms with Crippen LogP contribution in [0.3, 0.4) is 0 Å². The van der Waals surface area contributed by atoms with Gasteiger partial charge in [0.15, 0.2) is 0 Å². The van der Waals surface area contributed by atoms with E-state index in [0.29, 0.717) is 0 Å². The number of allylic oxidation sites excluding steroid dienone is 2. The summed E-state index contributed by atoms with van der Waals surface area (Å²) in [6, 6.07) is 17.0. The molecule has 0 saturated carbocycles. The van der Waals surface area contributed by atoms with E-state index in [0.717, 1.165) is 0 Å². The third-order valence-electron chi connectivity index (χ3n) is 2.87. The summed E-state index contributed by atoms with van der Waals surface area (Å²) in [5.74, 6) is 0. The number of fused-ring (bicyclic) bond motifs is 3. The molecule has 0 saturated heterocycles. The normalized spacial score (nSPS) is 11.8. The molecule has 0 unspecified atom stereocenters. The fourth-order valence-electron chi connectivity index (χ4n) is 2.09. The first-order valence-corrected chi connectivity index (χ1v) is 7.46. The Kier molecular flexibility index (Phi) is 5.22. The second-order valence-corrected chi connectivity index (χ2v) is 4.85. The van der Waals surface area contributed by atoms with E-state index >= 15 is 0 Å². The van der Waals surface area contributed by atoms with Crippen LogP contribution in [0.15, 0.2) is 60.7 Å². The molecule has 1 aliphatic carbocycles. The van der Waals surface area contributed by atoms with E-state index in [9.17, 15) is 0 Å². The predicted molar refractivity (Wildman–Crippen MR) is 85.5 cm³/mol. The fraction of sp³-hybridized carbons (Fsp3) is 0. The van der Waals surface area contributed by atoms with Crippen LogP contribution in [0.5, 0.6) is 0 Å². The summed E-state index contributed by atoms with van der Waals surface area (Å²) >= 11 is 0. The minimum Gasteiger partial charge on any atom is -0.338 e. The third kappa shape index (κ3) is 3.86. The summed E-state index contributed by atoms with van der Waals surface area (Å²) in [4.78, 5) is 14.9. The maximum Gasteiger partial charge on any atom is 0.247 e. The first kappa shape index (κ1) is 14.6. The zero-order valence-corrected chi connectivity index (χ0v) is 11.7. The van der Waals surface area contributed by atoms with Crippen LogP contribution in [0.1, 0.15) is 11.1 Å². The monoisotopic (exact) mass is 285 g/mol. The lowest BCUT2D eigenvalue weighted by Crippen LogP contribution is -1.87. The molecule has 0 heterocycles. The number of rotatable bonds is 0. The molecule has 0 atom stereocenters. The Bertz CT molecular complexity index is 580. The van der Waals surface area contributed by atoms with Crippen molar-refractivity contribution in [1.82, 2.24) is 0 Å². The molecule has 20 heavy (non-hydrogen) atoms. The standard InChI is InChI=1S/C16H12.H4NO2P/c1-2-8-14-10-4-6-12-16(14)15-11-5-3-9-13(15)7-1;1-4(2)3/h1-12H;2-3H,1H2. The van der Waals surface area contributed by atoms with E-state index in [2.05, 4.69) is 78.3 Å². The van der Waals surface area contributed by atoms with Crippen molar-refractivity contribution in [2.24, 2.45) is 5.50 Å². The molecule has 4 N–H and O–H groups in total. The molecule has 0 aromatic heterocycles. The highest BCUT2D eigenvalue weighted by Gasteiger charge is 2.06. The molecular weight excluding hydrogens is 269 g/mol. The van der Waals surface area contributed by atoms with Gasteiger partial charge in [-0.2, -0.15) is 0 Å². The van der Waals surface area contributed by atoms with Crippen molar-refractivity contribution in [1.29, 1.82) is 0 Å². The van der Waals surface area contributed by atoms with Crippen molar-refractivity contribution >= 4 is 20.7 Å². The number of hydrogen-bond acceptors (Lipinski definition) is 3. The molecule has 0 amide bonds. The zero-order valence-electron chi connectivity index (χ0n) is 10.8. The molecule has 4 heteroatoms. The Morgan fingerprint density at radius 2 is 1.05 bits per heavy atom. The number of nitrogens with two attached hydrogens (primary N) is 1. The smallest absolute Gasteiger partial charge is 0.247 e. The Labute approximate surface area is 119 Å². The van der Waals surface area contributed by atoms with Crippen LogP contribution < -0.4 is 5.50 Å². The maximum absolute atomic E-state index is 7.45. The third-order valence-corrected chi connectivity index (χ3v) is 2.87. The lowest BCUT2D eigenvalue weighted by atomic mass is 9.93. The second kappa shape index (κ2) is 7.13. The molecule has 0 spiro atoms. The molecule has 2 aromatic rings. The summed E-state index contributed by atoms with van der Waals surface area (Å²) in [5, 5.41) is 0. The first-order chi connectivity index (χ1) is 9.68. The van der Waals surface area contributed by atoms with Crippen LogP contribution in [0.25, 0.3) is 23.3 Å². The Morgan fingerprint density at radius 3 is 1.45 bits per heavy atom. The van der Waals surface area contributed by atoms with Crippen LogP contribution in [0.4, 0.5) is 0 Å². The fourth-order valence-corrected chi connectivity index (χ4v) is 2.09. The molecule has 0 radical (unpaired) electrons. The molecule has 0 fully saturated rings. The van der Waals surface area contributed by atoms with E-state index in [1.165, 1.54) is 22.3 Å². The highest BCUT2D eigenvalue weighted by Crippen LogP contribution is 2.29. The molecule has 0 bridgehead atoms.